The third-order valence-electron chi connectivity index (χ3n) is 4.41. The van der Waals surface area contributed by atoms with E-state index in [0.29, 0.717) is 18.7 Å². The lowest BCUT2D eigenvalue weighted by Gasteiger charge is -2.17. The molecule has 1 unspecified atom stereocenters. The van der Waals surface area contributed by atoms with Gasteiger partial charge in [-0.1, -0.05) is 18.2 Å². The van der Waals surface area contributed by atoms with Crippen molar-refractivity contribution in [3.63, 3.8) is 0 Å². The Morgan fingerprint density at radius 2 is 1.43 bits per heavy atom. The Hall–Kier alpha value is -2.49. The molecule has 168 valence electrons. The maximum atomic E-state index is 12.4. The number of benzene rings is 1. The van der Waals surface area contributed by atoms with Crippen LogP contribution in [0.1, 0.15) is 42.5 Å². The molecule has 0 aromatic heterocycles. The van der Waals surface area contributed by atoms with Crippen molar-refractivity contribution in [3.8, 4) is 0 Å². The molecule has 0 saturated heterocycles. The highest BCUT2D eigenvalue weighted by atomic mass is 16.2. The Balaban J connectivity index is 2.20. The number of amides is 3. The van der Waals surface area contributed by atoms with E-state index in [1.54, 1.807) is 30.3 Å². The van der Waals surface area contributed by atoms with Crippen LogP contribution in [0.15, 0.2) is 30.3 Å². The molecular weight excluding hydrogens is 384 g/mol. The molecule has 0 radical (unpaired) electrons. The summed E-state index contributed by atoms with van der Waals surface area (Å²) in [4.78, 5) is 35.9. The second-order valence-corrected chi connectivity index (χ2v) is 7.06. The number of hydrogen-bond donors (Lipinski definition) is 6. The average Bonchev–Trinajstić information content (AvgIpc) is 2.74. The Bertz CT molecular complexity index is 626. The molecule has 0 aliphatic rings. The summed E-state index contributed by atoms with van der Waals surface area (Å²) in [5.41, 5.74) is 11.1. The molecule has 0 aliphatic heterocycles. The van der Waals surface area contributed by atoms with Gasteiger partial charge in [0.1, 0.15) is 6.04 Å². The van der Waals surface area contributed by atoms with Crippen LogP contribution in [0.3, 0.4) is 0 Å². The van der Waals surface area contributed by atoms with E-state index in [1.165, 1.54) is 0 Å². The van der Waals surface area contributed by atoms with Crippen molar-refractivity contribution < 1.29 is 14.4 Å². The molecule has 30 heavy (non-hydrogen) atoms. The molecule has 0 aliphatic carbocycles. The fourth-order valence-corrected chi connectivity index (χ4v) is 2.77. The second kappa shape index (κ2) is 16.3. The van der Waals surface area contributed by atoms with Crippen molar-refractivity contribution in [2.24, 2.45) is 11.5 Å². The largest absolute Gasteiger partial charge is 0.370 e. The van der Waals surface area contributed by atoms with Gasteiger partial charge in [0.25, 0.3) is 5.91 Å². The molecule has 9 nitrogen and oxygen atoms in total. The molecule has 0 heterocycles. The van der Waals surface area contributed by atoms with E-state index in [0.717, 1.165) is 51.9 Å². The van der Waals surface area contributed by atoms with Crippen LogP contribution in [0.4, 0.5) is 0 Å². The number of nitrogens with one attached hydrogen (secondary N) is 4. The summed E-state index contributed by atoms with van der Waals surface area (Å²) in [6.45, 7) is 4.82. The highest BCUT2D eigenvalue weighted by molar-refractivity contribution is 5.98. The van der Waals surface area contributed by atoms with Gasteiger partial charge >= 0.3 is 0 Å². The van der Waals surface area contributed by atoms with Gasteiger partial charge in [0.05, 0.1) is 6.42 Å². The van der Waals surface area contributed by atoms with E-state index >= 15 is 0 Å². The number of carbonyl (C=O) groups is 3. The van der Waals surface area contributed by atoms with E-state index in [2.05, 4.69) is 21.3 Å². The van der Waals surface area contributed by atoms with Crippen LogP contribution in [0.2, 0.25) is 0 Å². The van der Waals surface area contributed by atoms with Crippen LogP contribution < -0.4 is 32.7 Å². The monoisotopic (exact) mass is 420 g/mol. The molecule has 0 fully saturated rings. The molecule has 8 N–H and O–H groups in total. The number of nitrogens with two attached hydrogens (primary N) is 2. The summed E-state index contributed by atoms with van der Waals surface area (Å²) in [6, 6.07) is 7.52. The molecule has 1 aromatic carbocycles. The maximum Gasteiger partial charge on any atom is 0.251 e. The topological polar surface area (TPSA) is 151 Å². The molecule has 1 aromatic rings. The Morgan fingerprint density at radius 3 is 2.03 bits per heavy atom. The number of hydrogen-bond acceptors (Lipinski definition) is 6. The van der Waals surface area contributed by atoms with Gasteiger partial charge in [-0.2, -0.15) is 0 Å². The number of unbranched alkanes of at least 4 members (excludes halogenated alkanes) is 1. The normalized spacial score (nSPS) is 11.6. The standard InChI is InChI=1S/C21H36N6O3/c22-10-6-13-24-11-4-5-12-25-14-7-15-26-21(30)18(16-19(23)28)27-20(29)17-8-2-1-3-9-17/h1-3,8-9,18,24-25H,4-7,10-16,22H2,(H2,23,28)(H,26,30)(H,27,29). The predicted molar refractivity (Wildman–Crippen MR) is 118 cm³/mol. The van der Waals surface area contributed by atoms with Crippen molar-refractivity contribution in [2.45, 2.75) is 38.1 Å². The summed E-state index contributed by atoms with van der Waals surface area (Å²) < 4.78 is 0. The minimum absolute atomic E-state index is 0.248. The Kier molecular flexibility index (Phi) is 13.9. The van der Waals surface area contributed by atoms with Gasteiger partial charge in [-0.3, -0.25) is 14.4 Å². The van der Waals surface area contributed by atoms with Gasteiger partial charge in [0.2, 0.25) is 11.8 Å². The summed E-state index contributed by atoms with van der Waals surface area (Å²) in [7, 11) is 0. The molecule has 0 spiro atoms. The third-order valence-corrected chi connectivity index (χ3v) is 4.41. The maximum absolute atomic E-state index is 12.4. The number of rotatable bonds is 17. The van der Waals surface area contributed by atoms with E-state index in [-0.39, 0.29) is 6.42 Å². The summed E-state index contributed by atoms with van der Waals surface area (Å²) in [5, 5.41) is 12.0. The Labute approximate surface area is 178 Å². The summed E-state index contributed by atoms with van der Waals surface area (Å²) in [6.07, 6.45) is 3.68. The van der Waals surface area contributed by atoms with Crippen LogP contribution in [-0.4, -0.2) is 63.0 Å². The first-order valence-corrected chi connectivity index (χ1v) is 10.6. The smallest absolute Gasteiger partial charge is 0.251 e. The van der Waals surface area contributed by atoms with Crippen molar-refractivity contribution in [3.05, 3.63) is 35.9 Å². The first-order valence-electron chi connectivity index (χ1n) is 10.6. The van der Waals surface area contributed by atoms with Gasteiger partial charge in [0.15, 0.2) is 0 Å². The number of primary amides is 1. The van der Waals surface area contributed by atoms with Crippen molar-refractivity contribution >= 4 is 17.7 Å². The fraction of sp³-hybridized carbons (Fsp3) is 0.571. The fourth-order valence-electron chi connectivity index (χ4n) is 2.77. The first-order chi connectivity index (χ1) is 14.5. The van der Waals surface area contributed by atoms with E-state index in [4.69, 9.17) is 11.5 Å². The van der Waals surface area contributed by atoms with E-state index in [1.807, 2.05) is 0 Å². The molecular formula is C21H36N6O3. The van der Waals surface area contributed by atoms with Crippen molar-refractivity contribution in [1.82, 2.24) is 21.3 Å². The predicted octanol–water partition coefficient (Wildman–Crippen LogP) is -0.525. The van der Waals surface area contributed by atoms with Crippen LogP contribution in [-0.2, 0) is 9.59 Å². The molecule has 1 atom stereocenters. The molecule has 0 saturated carbocycles. The lowest BCUT2D eigenvalue weighted by molar-refractivity contribution is -0.126. The minimum atomic E-state index is -0.991. The summed E-state index contributed by atoms with van der Waals surface area (Å²) >= 11 is 0. The molecule has 9 heteroatoms. The lowest BCUT2D eigenvalue weighted by atomic mass is 10.1. The van der Waals surface area contributed by atoms with E-state index in [9.17, 15) is 14.4 Å². The van der Waals surface area contributed by atoms with Crippen LogP contribution >= 0.6 is 0 Å². The summed E-state index contributed by atoms with van der Waals surface area (Å²) in [5.74, 6) is -1.49. The highest BCUT2D eigenvalue weighted by Crippen LogP contribution is 2.01. The van der Waals surface area contributed by atoms with Gasteiger partial charge < -0.3 is 32.7 Å². The van der Waals surface area contributed by atoms with Gasteiger partial charge in [-0.25, -0.2) is 0 Å². The number of carbonyl (C=O) groups excluding carboxylic acids is 3. The van der Waals surface area contributed by atoms with Crippen molar-refractivity contribution in [2.75, 3.05) is 39.3 Å². The third kappa shape index (κ3) is 12.2. The van der Waals surface area contributed by atoms with Crippen LogP contribution in [0.25, 0.3) is 0 Å². The van der Waals surface area contributed by atoms with Gasteiger partial charge in [-0.05, 0) is 70.5 Å². The molecule has 0 bridgehead atoms. The SMILES string of the molecule is NCCCNCCCCNCCCNC(=O)C(CC(N)=O)NC(=O)c1ccccc1. The second-order valence-electron chi connectivity index (χ2n) is 7.06. The molecule has 3 amide bonds. The van der Waals surface area contributed by atoms with Crippen LogP contribution in [0.5, 0.6) is 0 Å². The van der Waals surface area contributed by atoms with Crippen LogP contribution in [0, 0.1) is 0 Å². The van der Waals surface area contributed by atoms with Crippen molar-refractivity contribution in [1.29, 1.82) is 0 Å². The zero-order valence-corrected chi connectivity index (χ0v) is 17.6. The highest BCUT2D eigenvalue weighted by Gasteiger charge is 2.23. The van der Waals surface area contributed by atoms with Gasteiger partial charge in [-0.15, -0.1) is 0 Å². The average molecular weight is 421 g/mol. The first kappa shape index (κ1) is 25.5. The Morgan fingerprint density at radius 1 is 0.833 bits per heavy atom. The quantitative estimate of drug-likeness (QED) is 0.187. The zero-order valence-electron chi connectivity index (χ0n) is 17.6. The molecule has 1 rings (SSSR count). The zero-order chi connectivity index (χ0) is 22.0. The lowest BCUT2D eigenvalue weighted by Crippen LogP contribution is -2.49. The van der Waals surface area contributed by atoms with E-state index < -0.39 is 23.8 Å². The minimum Gasteiger partial charge on any atom is -0.370 e. The van der Waals surface area contributed by atoms with Gasteiger partial charge in [0, 0.05) is 12.1 Å².